The van der Waals surface area contributed by atoms with Gasteiger partial charge in [-0.1, -0.05) is 37.1 Å². The lowest BCUT2D eigenvalue weighted by molar-refractivity contribution is -0.114. The van der Waals surface area contributed by atoms with Gasteiger partial charge in [-0.15, -0.1) is 0 Å². The van der Waals surface area contributed by atoms with Gasteiger partial charge in [0.25, 0.3) is 0 Å². The van der Waals surface area contributed by atoms with Crippen molar-refractivity contribution in [2.45, 2.75) is 46.6 Å². The van der Waals surface area contributed by atoms with Crippen molar-refractivity contribution in [3.8, 4) is 0 Å². The van der Waals surface area contributed by atoms with E-state index in [0.717, 1.165) is 52.4 Å². The van der Waals surface area contributed by atoms with Crippen molar-refractivity contribution in [1.82, 2.24) is 14.5 Å². The molecular weight excluding hydrogens is 348 g/mol. The van der Waals surface area contributed by atoms with Crippen LogP contribution in [0.3, 0.4) is 0 Å². The van der Waals surface area contributed by atoms with E-state index in [1.165, 1.54) is 6.92 Å². The minimum absolute atomic E-state index is 0.112. The maximum Gasteiger partial charge on any atom is 0.221 e. The Hall–Kier alpha value is -2.40. The number of carbonyl (C=O) groups is 1. The average Bonchev–Trinajstić information content (AvgIpc) is 2.94. The highest BCUT2D eigenvalue weighted by Crippen LogP contribution is 2.26. The van der Waals surface area contributed by atoms with Gasteiger partial charge in [-0.2, -0.15) is 0 Å². The fraction of sp³-hybridized carbons (Fsp3) is 0.350. The lowest BCUT2D eigenvalue weighted by atomic mass is 10.2. The van der Waals surface area contributed by atoms with Crippen LogP contribution >= 0.6 is 11.6 Å². The topological polar surface area (TPSA) is 59.8 Å². The average molecular weight is 371 g/mol. The van der Waals surface area contributed by atoms with Crippen molar-refractivity contribution in [2.75, 3.05) is 5.32 Å². The summed E-state index contributed by atoms with van der Waals surface area (Å²) in [5, 5.41) is 3.55. The first-order chi connectivity index (χ1) is 12.5. The lowest BCUT2D eigenvalue weighted by Gasteiger charge is -2.10. The summed E-state index contributed by atoms with van der Waals surface area (Å²) in [6, 6.07) is 7.85. The van der Waals surface area contributed by atoms with Gasteiger partial charge >= 0.3 is 0 Å². The summed E-state index contributed by atoms with van der Waals surface area (Å²) in [7, 11) is 0. The Morgan fingerprint density at radius 3 is 2.85 bits per heavy atom. The van der Waals surface area contributed by atoms with Crippen LogP contribution in [0.2, 0.25) is 5.02 Å². The summed E-state index contributed by atoms with van der Waals surface area (Å²) in [5.74, 6) is 0.899. The number of hydrogen-bond donors (Lipinski definition) is 1. The fourth-order valence-electron chi connectivity index (χ4n) is 3.05. The Morgan fingerprint density at radius 2 is 2.15 bits per heavy atom. The van der Waals surface area contributed by atoms with E-state index in [-0.39, 0.29) is 5.91 Å². The molecule has 0 bridgehead atoms. The van der Waals surface area contributed by atoms with E-state index in [1.54, 1.807) is 6.20 Å². The van der Waals surface area contributed by atoms with E-state index in [9.17, 15) is 4.79 Å². The third kappa shape index (κ3) is 3.88. The molecule has 3 aromatic rings. The zero-order chi connectivity index (χ0) is 18.7. The first kappa shape index (κ1) is 18.4. The molecule has 6 heteroatoms. The monoisotopic (exact) mass is 370 g/mol. The number of aromatic nitrogens is 3. The highest BCUT2D eigenvalue weighted by molar-refractivity contribution is 6.30. The molecule has 2 aromatic heterocycles. The van der Waals surface area contributed by atoms with E-state index in [2.05, 4.69) is 27.9 Å². The number of fused-ring (bicyclic) bond motifs is 1. The first-order valence-corrected chi connectivity index (χ1v) is 9.24. The molecule has 0 saturated carbocycles. The minimum Gasteiger partial charge on any atom is -0.325 e. The quantitative estimate of drug-likeness (QED) is 0.681. The van der Waals surface area contributed by atoms with Crippen LogP contribution in [0.5, 0.6) is 0 Å². The number of aryl methyl sites for hydroxylation is 2. The summed E-state index contributed by atoms with van der Waals surface area (Å²) in [5.41, 5.74) is 4.43. The Labute approximate surface area is 158 Å². The van der Waals surface area contributed by atoms with Crippen LogP contribution in [0.15, 0.2) is 30.5 Å². The zero-order valence-electron chi connectivity index (χ0n) is 15.3. The number of nitrogens with zero attached hydrogens (tertiary/aromatic N) is 3. The van der Waals surface area contributed by atoms with Crippen LogP contribution in [0.4, 0.5) is 5.69 Å². The summed E-state index contributed by atoms with van der Waals surface area (Å²) >= 11 is 6.14. The largest absolute Gasteiger partial charge is 0.325 e. The Bertz CT molecular complexity index is 948. The number of halogens is 1. The second-order valence-electron chi connectivity index (χ2n) is 6.50. The van der Waals surface area contributed by atoms with Gasteiger partial charge in [0.15, 0.2) is 5.65 Å². The number of amides is 1. The highest BCUT2D eigenvalue weighted by Gasteiger charge is 2.16. The van der Waals surface area contributed by atoms with Crippen molar-refractivity contribution in [1.29, 1.82) is 0 Å². The molecule has 0 spiro atoms. The number of imidazole rings is 1. The van der Waals surface area contributed by atoms with Crippen molar-refractivity contribution >= 4 is 34.4 Å². The molecule has 1 aromatic carbocycles. The molecule has 0 aliphatic heterocycles. The molecular formula is C20H23ClN4O. The van der Waals surface area contributed by atoms with Crippen molar-refractivity contribution in [3.63, 3.8) is 0 Å². The molecule has 0 unspecified atom stereocenters. The molecule has 0 aliphatic carbocycles. The van der Waals surface area contributed by atoms with Gasteiger partial charge < -0.3 is 9.88 Å². The van der Waals surface area contributed by atoms with Crippen molar-refractivity contribution in [3.05, 3.63) is 52.4 Å². The van der Waals surface area contributed by atoms with Crippen LogP contribution in [-0.2, 0) is 17.8 Å². The van der Waals surface area contributed by atoms with Gasteiger partial charge in [0, 0.05) is 23.9 Å². The third-order valence-corrected chi connectivity index (χ3v) is 4.62. The third-order valence-electron chi connectivity index (χ3n) is 4.39. The second kappa shape index (κ2) is 7.87. The van der Waals surface area contributed by atoms with Gasteiger partial charge in [0.05, 0.1) is 18.4 Å². The minimum atomic E-state index is -0.112. The molecule has 0 aliphatic rings. The van der Waals surface area contributed by atoms with Gasteiger partial charge in [-0.3, -0.25) is 4.79 Å². The molecule has 3 rings (SSSR count). The number of pyridine rings is 1. The van der Waals surface area contributed by atoms with Gasteiger partial charge in [-0.05, 0) is 31.0 Å². The maximum atomic E-state index is 11.4. The maximum absolute atomic E-state index is 11.4. The van der Waals surface area contributed by atoms with Crippen LogP contribution in [0.25, 0.3) is 11.2 Å². The highest BCUT2D eigenvalue weighted by atomic mass is 35.5. The predicted molar refractivity (Wildman–Crippen MR) is 106 cm³/mol. The van der Waals surface area contributed by atoms with Crippen molar-refractivity contribution < 1.29 is 4.79 Å². The van der Waals surface area contributed by atoms with Crippen LogP contribution < -0.4 is 5.32 Å². The number of anilines is 1. The molecule has 1 amide bonds. The Kier molecular flexibility index (Phi) is 5.57. The Balaban J connectivity index is 2.09. The molecule has 0 radical (unpaired) electrons. The number of hydrogen-bond acceptors (Lipinski definition) is 3. The molecule has 26 heavy (non-hydrogen) atoms. The predicted octanol–water partition coefficient (Wildman–Crippen LogP) is 4.74. The summed E-state index contributed by atoms with van der Waals surface area (Å²) < 4.78 is 2.15. The summed E-state index contributed by atoms with van der Waals surface area (Å²) in [4.78, 5) is 20.9. The normalized spacial score (nSPS) is 11.1. The number of rotatable bonds is 6. The van der Waals surface area contributed by atoms with Gasteiger partial charge in [0.2, 0.25) is 5.91 Å². The molecule has 0 fully saturated rings. The molecule has 0 saturated heterocycles. The number of carbonyl (C=O) groups excluding carboxylic acids is 1. The number of benzene rings is 1. The number of nitrogens with one attached hydrogen (secondary N) is 1. The second-order valence-corrected chi connectivity index (χ2v) is 6.93. The molecule has 5 nitrogen and oxygen atoms in total. The SMILES string of the molecule is CCCCc1nc2c(C)c(NC(C)=O)cnc2n1Cc1cccc(Cl)c1. The molecule has 0 atom stereocenters. The smallest absolute Gasteiger partial charge is 0.221 e. The van der Waals surface area contributed by atoms with Crippen LogP contribution in [0, 0.1) is 6.92 Å². The van der Waals surface area contributed by atoms with E-state index >= 15 is 0 Å². The Morgan fingerprint density at radius 1 is 1.35 bits per heavy atom. The fourth-order valence-corrected chi connectivity index (χ4v) is 3.26. The van der Waals surface area contributed by atoms with Crippen LogP contribution in [0.1, 0.15) is 43.6 Å². The van der Waals surface area contributed by atoms with Crippen LogP contribution in [-0.4, -0.2) is 20.4 Å². The summed E-state index contributed by atoms with van der Waals surface area (Å²) in [6.07, 6.45) is 4.77. The van der Waals surface area contributed by atoms with E-state index in [0.29, 0.717) is 12.2 Å². The van der Waals surface area contributed by atoms with E-state index < -0.39 is 0 Å². The van der Waals surface area contributed by atoms with Gasteiger partial charge in [0.1, 0.15) is 11.3 Å². The van der Waals surface area contributed by atoms with E-state index in [4.69, 9.17) is 16.6 Å². The zero-order valence-corrected chi connectivity index (χ0v) is 16.1. The standard InChI is InChI=1S/C20H23ClN4O/c1-4-5-9-18-24-19-13(2)17(23-14(3)26)11-22-20(19)25(18)12-15-7-6-8-16(21)10-15/h6-8,10-11H,4-5,9,12H2,1-3H3,(H,23,26). The van der Waals surface area contributed by atoms with Crippen molar-refractivity contribution in [2.24, 2.45) is 0 Å². The molecule has 1 N–H and O–H groups in total. The summed E-state index contributed by atoms with van der Waals surface area (Å²) in [6.45, 7) is 6.30. The molecule has 136 valence electrons. The van der Waals surface area contributed by atoms with E-state index in [1.807, 2.05) is 25.1 Å². The lowest BCUT2D eigenvalue weighted by Crippen LogP contribution is -2.08. The first-order valence-electron chi connectivity index (χ1n) is 8.86. The molecule has 2 heterocycles. The van der Waals surface area contributed by atoms with Gasteiger partial charge in [-0.25, -0.2) is 9.97 Å². The number of unbranched alkanes of at least 4 members (excludes halogenated alkanes) is 1.